The number of aromatic amines is 1. The fraction of sp³-hybridized carbons (Fsp3) is 0.0769. The van der Waals surface area contributed by atoms with Crippen molar-refractivity contribution in [3.05, 3.63) is 56.3 Å². The maximum absolute atomic E-state index is 11.8. The van der Waals surface area contributed by atoms with Crippen molar-refractivity contribution in [1.29, 1.82) is 0 Å². The largest absolute Gasteiger partial charge is 0.329 e. The van der Waals surface area contributed by atoms with Crippen LogP contribution in [0.15, 0.2) is 39.9 Å². The van der Waals surface area contributed by atoms with Crippen LogP contribution in [0.1, 0.15) is 0 Å². The standard InChI is InChI=1S/C13H9ClN4O2/c1-18-11-9(12(19)17-13(18)20)15-8(10(14)16-11)7-5-3-2-4-6-7/h2-6H,1H3,(H,17,19,20). The van der Waals surface area contributed by atoms with Crippen molar-refractivity contribution in [3.8, 4) is 11.3 Å². The van der Waals surface area contributed by atoms with E-state index in [2.05, 4.69) is 15.0 Å². The number of benzene rings is 1. The molecule has 0 unspecified atom stereocenters. The van der Waals surface area contributed by atoms with Gasteiger partial charge < -0.3 is 0 Å². The number of fused-ring (bicyclic) bond motifs is 1. The molecule has 0 aliphatic rings. The summed E-state index contributed by atoms with van der Waals surface area (Å²) in [4.78, 5) is 33.9. The van der Waals surface area contributed by atoms with Crippen molar-refractivity contribution in [3.63, 3.8) is 0 Å². The highest BCUT2D eigenvalue weighted by atomic mass is 35.5. The van der Waals surface area contributed by atoms with Crippen LogP contribution in [-0.4, -0.2) is 19.5 Å². The zero-order valence-corrected chi connectivity index (χ0v) is 11.2. The molecule has 20 heavy (non-hydrogen) atoms. The lowest BCUT2D eigenvalue weighted by Crippen LogP contribution is -2.29. The first-order valence-corrected chi connectivity index (χ1v) is 6.17. The van der Waals surface area contributed by atoms with E-state index in [-0.39, 0.29) is 16.3 Å². The fourth-order valence-corrected chi connectivity index (χ4v) is 2.14. The maximum atomic E-state index is 11.8. The van der Waals surface area contributed by atoms with E-state index in [4.69, 9.17) is 11.6 Å². The molecule has 0 spiro atoms. The fourth-order valence-electron chi connectivity index (χ4n) is 1.91. The van der Waals surface area contributed by atoms with Crippen molar-refractivity contribution >= 4 is 22.8 Å². The van der Waals surface area contributed by atoms with Crippen molar-refractivity contribution in [1.82, 2.24) is 19.5 Å². The van der Waals surface area contributed by atoms with Crippen LogP contribution in [0.3, 0.4) is 0 Å². The van der Waals surface area contributed by atoms with Gasteiger partial charge in [-0.25, -0.2) is 14.8 Å². The number of hydrogen-bond donors (Lipinski definition) is 1. The van der Waals surface area contributed by atoms with Crippen LogP contribution >= 0.6 is 11.6 Å². The van der Waals surface area contributed by atoms with E-state index in [9.17, 15) is 9.59 Å². The Bertz CT molecular complexity index is 915. The molecule has 1 aromatic carbocycles. The third kappa shape index (κ3) is 1.90. The number of nitrogens with one attached hydrogen (secondary N) is 1. The first-order chi connectivity index (χ1) is 9.58. The summed E-state index contributed by atoms with van der Waals surface area (Å²) in [5.41, 5.74) is 0.257. The summed E-state index contributed by atoms with van der Waals surface area (Å²) in [6.45, 7) is 0. The minimum absolute atomic E-state index is 0.0790. The van der Waals surface area contributed by atoms with Gasteiger partial charge in [0.25, 0.3) is 5.56 Å². The second kappa shape index (κ2) is 4.57. The number of hydrogen-bond acceptors (Lipinski definition) is 4. The second-order valence-corrected chi connectivity index (χ2v) is 4.58. The van der Waals surface area contributed by atoms with Gasteiger partial charge in [-0.3, -0.25) is 14.3 Å². The monoisotopic (exact) mass is 288 g/mol. The van der Waals surface area contributed by atoms with Crippen molar-refractivity contribution in [2.24, 2.45) is 7.05 Å². The molecule has 1 N–H and O–H groups in total. The molecule has 0 saturated heterocycles. The molecule has 0 radical (unpaired) electrons. The van der Waals surface area contributed by atoms with Gasteiger partial charge in [-0.1, -0.05) is 41.9 Å². The van der Waals surface area contributed by atoms with E-state index >= 15 is 0 Å². The number of aryl methyl sites for hydroxylation is 1. The van der Waals surface area contributed by atoms with Crippen LogP contribution in [0.5, 0.6) is 0 Å². The number of halogens is 1. The smallest absolute Gasteiger partial charge is 0.279 e. The molecule has 3 rings (SSSR count). The van der Waals surface area contributed by atoms with Crippen LogP contribution in [0.25, 0.3) is 22.4 Å². The van der Waals surface area contributed by atoms with Gasteiger partial charge in [0.15, 0.2) is 16.3 Å². The lowest BCUT2D eigenvalue weighted by molar-refractivity contribution is 0.824. The average molecular weight is 289 g/mol. The molecule has 2 heterocycles. The lowest BCUT2D eigenvalue weighted by atomic mass is 10.2. The molecule has 0 atom stereocenters. The summed E-state index contributed by atoms with van der Waals surface area (Å²) >= 11 is 6.11. The Morgan fingerprint density at radius 3 is 2.55 bits per heavy atom. The van der Waals surface area contributed by atoms with E-state index < -0.39 is 11.2 Å². The Hall–Kier alpha value is -2.47. The van der Waals surface area contributed by atoms with E-state index in [1.807, 2.05) is 30.3 Å². The molecule has 0 saturated carbocycles. The maximum Gasteiger partial charge on any atom is 0.329 e. The molecule has 6 nitrogen and oxygen atoms in total. The minimum atomic E-state index is -0.579. The Morgan fingerprint density at radius 2 is 1.85 bits per heavy atom. The summed E-state index contributed by atoms with van der Waals surface area (Å²) in [6.07, 6.45) is 0. The lowest BCUT2D eigenvalue weighted by Gasteiger charge is -2.06. The van der Waals surface area contributed by atoms with Gasteiger partial charge >= 0.3 is 5.69 Å². The van der Waals surface area contributed by atoms with Gasteiger partial charge in [0.05, 0.1) is 0 Å². The third-order valence-electron chi connectivity index (χ3n) is 2.94. The molecular formula is C13H9ClN4O2. The van der Waals surface area contributed by atoms with Gasteiger partial charge in [0.1, 0.15) is 5.69 Å². The molecule has 7 heteroatoms. The molecule has 0 bridgehead atoms. The van der Waals surface area contributed by atoms with E-state index in [0.29, 0.717) is 5.69 Å². The molecule has 0 aliphatic heterocycles. The van der Waals surface area contributed by atoms with Crippen LogP contribution in [0.4, 0.5) is 0 Å². The van der Waals surface area contributed by atoms with E-state index in [1.165, 1.54) is 11.6 Å². The number of aromatic nitrogens is 4. The van der Waals surface area contributed by atoms with Crippen molar-refractivity contribution in [2.45, 2.75) is 0 Å². The normalized spacial score (nSPS) is 10.9. The zero-order valence-electron chi connectivity index (χ0n) is 10.4. The Kier molecular flexibility index (Phi) is 2.87. The highest BCUT2D eigenvalue weighted by Gasteiger charge is 2.13. The van der Waals surface area contributed by atoms with Crippen molar-refractivity contribution < 1.29 is 0 Å². The van der Waals surface area contributed by atoms with Crippen LogP contribution < -0.4 is 11.2 Å². The SMILES string of the molecule is Cn1c(=O)[nH]c(=O)c2nc(-c3ccccc3)c(Cl)nc21. The van der Waals surface area contributed by atoms with Crippen molar-refractivity contribution in [2.75, 3.05) is 0 Å². The van der Waals surface area contributed by atoms with E-state index in [1.54, 1.807) is 0 Å². The van der Waals surface area contributed by atoms with E-state index in [0.717, 1.165) is 5.56 Å². The Balaban J connectivity index is 2.42. The second-order valence-electron chi connectivity index (χ2n) is 4.22. The summed E-state index contributed by atoms with van der Waals surface area (Å²) in [5, 5.41) is 0.143. The molecule has 2 aromatic heterocycles. The third-order valence-corrected chi connectivity index (χ3v) is 3.20. The number of H-pyrrole nitrogens is 1. The molecule has 0 amide bonds. The summed E-state index contributed by atoms with van der Waals surface area (Å²) in [7, 11) is 1.49. The minimum Gasteiger partial charge on any atom is -0.279 e. The summed E-state index contributed by atoms with van der Waals surface area (Å²) in [6, 6.07) is 9.17. The first-order valence-electron chi connectivity index (χ1n) is 5.80. The molecule has 100 valence electrons. The highest BCUT2D eigenvalue weighted by molar-refractivity contribution is 6.32. The first kappa shape index (κ1) is 12.6. The van der Waals surface area contributed by atoms with Crippen LogP contribution in [-0.2, 0) is 7.05 Å². The quantitative estimate of drug-likeness (QED) is 0.732. The number of rotatable bonds is 1. The Labute approximate surface area is 117 Å². The summed E-state index contributed by atoms with van der Waals surface area (Å²) in [5.74, 6) is 0. The predicted molar refractivity (Wildman–Crippen MR) is 75.8 cm³/mol. The summed E-state index contributed by atoms with van der Waals surface area (Å²) < 4.78 is 1.20. The average Bonchev–Trinajstić information content (AvgIpc) is 2.45. The Morgan fingerprint density at radius 1 is 1.15 bits per heavy atom. The van der Waals surface area contributed by atoms with Gasteiger partial charge in [-0.05, 0) is 0 Å². The highest BCUT2D eigenvalue weighted by Crippen LogP contribution is 2.24. The molecule has 3 aromatic rings. The molecule has 0 fully saturated rings. The molecule has 0 aliphatic carbocycles. The van der Waals surface area contributed by atoms with Gasteiger partial charge in [0.2, 0.25) is 0 Å². The van der Waals surface area contributed by atoms with Crippen LogP contribution in [0.2, 0.25) is 5.15 Å². The van der Waals surface area contributed by atoms with Gasteiger partial charge in [-0.15, -0.1) is 0 Å². The van der Waals surface area contributed by atoms with Crippen LogP contribution in [0, 0.1) is 0 Å². The van der Waals surface area contributed by atoms with Gasteiger partial charge in [-0.2, -0.15) is 0 Å². The predicted octanol–water partition coefficient (Wildman–Crippen LogP) is 1.34. The zero-order chi connectivity index (χ0) is 14.3. The topological polar surface area (TPSA) is 80.6 Å². The molecular weight excluding hydrogens is 280 g/mol. The van der Waals surface area contributed by atoms with Gasteiger partial charge in [0, 0.05) is 12.6 Å². The number of nitrogens with zero attached hydrogens (tertiary/aromatic N) is 3.